The molecule has 1 aromatic heterocycles. The second-order valence-corrected chi connectivity index (χ2v) is 4.61. The van der Waals surface area contributed by atoms with Crippen molar-refractivity contribution in [3.63, 3.8) is 0 Å². The van der Waals surface area contributed by atoms with E-state index in [1.807, 2.05) is 55.2 Å². The number of benzene rings is 1. The smallest absolute Gasteiger partial charge is 0.174 e. The predicted molar refractivity (Wildman–Crippen MR) is 76.0 cm³/mol. The van der Waals surface area contributed by atoms with E-state index in [1.165, 1.54) is 11.1 Å². The number of nitriles is 1. The quantitative estimate of drug-likeness (QED) is 0.871. The Hall–Kier alpha value is -2.32. The average molecular weight is 270 g/mol. The molecule has 0 aliphatic rings. The molecule has 2 rings (SSSR count). The molecule has 0 aliphatic carbocycles. The van der Waals surface area contributed by atoms with Crippen LogP contribution in [0.25, 0.3) is 0 Å². The van der Waals surface area contributed by atoms with E-state index in [4.69, 9.17) is 10.00 Å². The summed E-state index contributed by atoms with van der Waals surface area (Å²) in [6, 6.07) is 9.70. The van der Waals surface area contributed by atoms with E-state index in [0.717, 1.165) is 24.5 Å². The Morgan fingerprint density at radius 2 is 2.05 bits per heavy atom. The number of rotatable bonds is 6. The highest BCUT2D eigenvalue weighted by molar-refractivity contribution is 5.27. The Bertz CT molecular complexity index is 595. The van der Waals surface area contributed by atoms with Gasteiger partial charge in [0.2, 0.25) is 0 Å². The van der Waals surface area contributed by atoms with Crippen molar-refractivity contribution in [2.45, 2.75) is 20.0 Å². The van der Waals surface area contributed by atoms with Crippen LogP contribution in [0.3, 0.4) is 0 Å². The van der Waals surface area contributed by atoms with Gasteiger partial charge in [0, 0.05) is 31.9 Å². The van der Waals surface area contributed by atoms with Crippen molar-refractivity contribution in [2.24, 2.45) is 7.05 Å². The zero-order valence-electron chi connectivity index (χ0n) is 11.8. The molecule has 0 fully saturated rings. The molecule has 0 spiro atoms. The van der Waals surface area contributed by atoms with Gasteiger partial charge < -0.3 is 10.1 Å². The van der Waals surface area contributed by atoms with E-state index in [-0.39, 0.29) is 6.61 Å². The van der Waals surface area contributed by atoms with Crippen molar-refractivity contribution in [3.8, 4) is 11.8 Å². The monoisotopic (exact) mass is 270 g/mol. The molecule has 2 aromatic rings. The summed E-state index contributed by atoms with van der Waals surface area (Å²) in [5.74, 6) is 0.721. The van der Waals surface area contributed by atoms with E-state index in [0.29, 0.717) is 0 Å². The highest BCUT2D eigenvalue weighted by Gasteiger charge is 2.02. The first-order chi connectivity index (χ1) is 9.69. The average Bonchev–Trinajstić information content (AvgIpc) is 2.76. The van der Waals surface area contributed by atoms with Gasteiger partial charge in [-0.25, -0.2) is 0 Å². The van der Waals surface area contributed by atoms with Gasteiger partial charge in [-0.05, 0) is 24.6 Å². The zero-order valence-corrected chi connectivity index (χ0v) is 11.8. The van der Waals surface area contributed by atoms with Crippen LogP contribution in [0.4, 0.5) is 0 Å². The topological polar surface area (TPSA) is 62.9 Å². The molecule has 0 bridgehead atoms. The lowest BCUT2D eigenvalue weighted by molar-refractivity contribution is 0.368. The van der Waals surface area contributed by atoms with Crippen LogP contribution in [0.5, 0.6) is 5.75 Å². The molecule has 5 nitrogen and oxygen atoms in total. The summed E-state index contributed by atoms with van der Waals surface area (Å²) in [5, 5.41) is 16.1. The van der Waals surface area contributed by atoms with Crippen LogP contribution >= 0.6 is 0 Å². The lowest BCUT2D eigenvalue weighted by Gasteiger charge is -2.06. The van der Waals surface area contributed by atoms with Crippen LogP contribution in [0, 0.1) is 18.3 Å². The predicted octanol–water partition coefficient (Wildman–Crippen LogP) is 1.92. The number of aryl methyl sites for hydroxylation is 2. The van der Waals surface area contributed by atoms with Gasteiger partial charge in [0.05, 0.1) is 5.69 Å². The maximum Gasteiger partial charge on any atom is 0.174 e. The van der Waals surface area contributed by atoms with E-state index in [1.54, 1.807) is 0 Å². The van der Waals surface area contributed by atoms with Crippen molar-refractivity contribution in [2.75, 3.05) is 6.61 Å². The summed E-state index contributed by atoms with van der Waals surface area (Å²) in [4.78, 5) is 0. The Morgan fingerprint density at radius 1 is 1.30 bits per heavy atom. The fourth-order valence-corrected chi connectivity index (χ4v) is 1.98. The minimum Gasteiger partial charge on any atom is -0.479 e. The molecule has 5 heteroatoms. The van der Waals surface area contributed by atoms with Gasteiger partial charge in [-0.1, -0.05) is 12.1 Å². The SMILES string of the molecule is Cc1nn(C)cc1CNCc1ccc(OCC#N)cc1. The van der Waals surface area contributed by atoms with Crippen molar-refractivity contribution < 1.29 is 4.74 Å². The minimum atomic E-state index is 0.0812. The van der Waals surface area contributed by atoms with Gasteiger partial charge in [-0.15, -0.1) is 0 Å². The minimum absolute atomic E-state index is 0.0812. The molecule has 1 N–H and O–H groups in total. The van der Waals surface area contributed by atoms with E-state index < -0.39 is 0 Å². The molecule has 0 unspecified atom stereocenters. The molecule has 0 radical (unpaired) electrons. The summed E-state index contributed by atoms with van der Waals surface area (Å²) < 4.78 is 7.04. The summed E-state index contributed by atoms with van der Waals surface area (Å²) in [5.41, 5.74) is 3.44. The maximum atomic E-state index is 8.44. The number of ether oxygens (including phenoxy) is 1. The molecule has 104 valence electrons. The Balaban J connectivity index is 1.82. The number of nitrogens with zero attached hydrogens (tertiary/aromatic N) is 3. The highest BCUT2D eigenvalue weighted by Crippen LogP contribution is 2.12. The fourth-order valence-electron chi connectivity index (χ4n) is 1.98. The second kappa shape index (κ2) is 6.73. The van der Waals surface area contributed by atoms with Crippen LogP contribution < -0.4 is 10.1 Å². The first-order valence-electron chi connectivity index (χ1n) is 6.47. The molecular weight excluding hydrogens is 252 g/mol. The summed E-state index contributed by atoms with van der Waals surface area (Å²) in [6.07, 6.45) is 2.03. The summed E-state index contributed by atoms with van der Waals surface area (Å²) >= 11 is 0. The number of hydrogen-bond acceptors (Lipinski definition) is 4. The van der Waals surface area contributed by atoms with Gasteiger partial charge >= 0.3 is 0 Å². The first kappa shape index (κ1) is 14.1. The van der Waals surface area contributed by atoms with Gasteiger partial charge in [-0.3, -0.25) is 4.68 Å². The van der Waals surface area contributed by atoms with Crippen molar-refractivity contribution >= 4 is 0 Å². The summed E-state index contributed by atoms with van der Waals surface area (Å²) in [7, 11) is 1.93. The maximum absolute atomic E-state index is 8.44. The number of aromatic nitrogens is 2. The fraction of sp³-hybridized carbons (Fsp3) is 0.333. The third-order valence-electron chi connectivity index (χ3n) is 2.99. The normalized spacial score (nSPS) is 10.2. The van der Waals surface area contributed by atoms with Gasteiger partial charge in [0.15, 0.2) is 6.61 Å². The van der Waals surface area contributed by atoms with Crippen molar-refractivity contribution in [1.29, 1.82) is 5.26 Å². The van der Waals surface area contributed by atoms with Crippen LogP contribution in [0.1, 0.15) is 16.8 Å². The molecule has 0 saturated carbocycles. The Labute approximate surface area is 118 Å². The standard InChI is InChI=1S/C15H18N4O/c1-12-14(11-19(2)18-12)10-17-9-13-3-5-15(6-4-13)20-8-7-16/h3-6,11,17H,8-10H2,1-2H3. The molecule has 0 atom stereocenters. The van der Waals surface area contributed by atoms with Crippen LogP contribution in [-0.2, 0) is 20.1 Å². The molecular formula is C15H18N4O. The van der Waals surface area contributed by atoms with Crippen molar-refractivity contribution in [1.82, 2.24) is 15.1 Å². The molecule has 0 amide bonds. The van der Waals surface area contributed by atoms with Crippen LogP contribution in [-0.4, -0.2) is 16.4 Å². The van der Waals surface area contributed by atoms with Gasteiger partial charge in [-0.2, -0.15) is 10.4 Å². The van der Waals surface area contributed by atoms with E-state index >= 15 is 0 Å². The summed E-state index contributed by atoms with van der Waals surface area (Å²) in [6.45, 7) is 3.68. The van der Waals surface area contributed by atoms with Gasteiger partial charge in [0.1, 0.15) is 11.8 Å². The van der Waals surface area contributed by atoms with Crippen LogP contribution in [0.15, 0.2) is 30.5 Å². The van der Waals surface area contributed by atoms with Gasteiger partial charge in [0.25, 0.3) is 0 Å². The van der Waals surface area contributed by atoms with E-state index in [9.17, 15) is 0 Å². The number of nitrogens with one attached hydrogen (secondary N) is 1. The second-order valence-electron chi connectivity index (χ2n) is 4.61. The molecule has 0 aliphatic heterocycles. The third kappa shape index (κ3) is 3.84. The first-order valence-corrected chi connectivity index (χ1v) is 6.47. The highest BCUT2D eigenvalue weighted by atomic mass is 16.5. The number of hydrogen-bond donors (Lipinski definition) is 1. The largest absolute Gasteiger partial charge is 0.479 e. The third-order valence-corrected chi connectivity index (χ3v) is 2.99. The Kier molecular flexibility index (Phi) is 4.75. The molecule has 1 aromatic carbocycles. The lowest BCUT2D eigenvalue weighted by atomic mass is 10.2. The molecule has 0 saturated heterocycles. The molecule has 20 heavy (non-hydrogen) atoms. The van der Waals surface area contributed by atoms with Crippen molar-refractivity contribution in [3.05, 3.63) is 47.3 Å². The molecule has 1 heterocycles. The van der Waals surface area contributed by atoms with E-state index in [2.05, 4.69) is 10.4 Å². The van der Waals surface area contributed by atoms with Crippen LogP contribution in [0.2, 0.25) is 0 Å². The lowest BCUT2D eigenvalue weighted by Crippen LogP contribution is -2.12. The Morgan fingerprint density at radius 3 is 2.65 bits per heavy atom. The zero-order chi connectivity index (χ0) is 14.4.